The first-order valence-electron chi connectivity index (χ1n) is 9.82. The van der Waals surface area contributed by atoms with Crippen molar-refractivity contribution in [1.82, 2.24) is 20.4 Å². The van der Waals surface area contributed by atoms with Crippen LogP contribution in [0.3, 0.4) is 0 Å². The van der Waals surface area contributed by atoms with Crippen LogP contribution in [0.1, 0.15) is 46.6 Å². The average Bonchev–Trinajstić information content (AvgIpc) is 3.45. The largest absolute Gasteiger partial charge is 0.354 e. The molecule has 0 aliphatic heterocycles. The molecule has 1 amide bonds. The Morgan fingerprint density at radius 1 is 1.23 bits per heavy atom. The highest BCUT2D eigenvalue weighted by Gasteiger charge is 2.30. The minimum atomic E-state index is -0.0671. The predicted molar refractivity (Wildman–Crippen MR) is 102 cm³/mol. The second-order valence-corrected chi connectivity index (χ2v) is 7.60. The summed E-state index contributed by atoms with van der Waals surface area (Å²) in [6.07, 6.45) is 6.71. The molecule has 0 saturated heterocycles. The maximum Gasteiger partial charge on any atom is 0.271 e. The molecule has 2 aliphatic rings. The molecule has 1 heterocycles. The first-order valence-corrected chi connectivity index (χ1v) is 9.82. The molecule has 1 aromatic carbocycles. The summed E-state index contributed by atoms with van der Waals surface area (Å²) >= 11 is 0. The number of benzene rings is 1. The number of nitrogens with zero attached hydrogens (tertiary/aromatic N) is 2. The van der Waals surface area contributed by atoms with E-state index in [0.29, 0.717) is 11.7 Å². The number of hydrogen-bond donors (Lipinski definition) is 2. The molecule has 0 radical (unpaired) electrons. The number of carbonyl (C=O) groups is 1. The van der Waals surface area contributed by atoms with E-state index in [1.807, 2.05) is 6.07 Å². The molecule has 1 saturated carbocycles. The number of amides is 1. The van der Waals surface area contributed by atoms with E-state index in [2.05, 4.69) is 39.6 Å². The van der Waals surface area contributed by atoms with Crippen molar-refractivity contribution in [3.63, 3.8) is 0 Å². The fraction of sp³-hybridized carbons (Fsp3) is 0.524. The molecule has 2 aliphatic carbocycles. The summed E-state index contributed by atoms with van der Waals surface area (Å²) in [7, 11) is 1.68. The van der Waals surface area contributed by atoms with Crippen molar-refractivity contribution < 1.29 is 4.79 Å². The van der Waals surface area contributed by atoms with Gasteiger partial charge in [0.2, 0.25) is 0 Å². The van der Waals surface area contributed by atoms with E-state index in [1.54, 1.807) is 7.05 Å². The highest BCUT2D eigenvalue weighted by atomic mass is 16.1. The van der Waals surface area contributed by atoms with Crippen molar-refractivity contribution in [2.24, 2.45) is 5.92 Å². The number of aromatic nitrogens is 2. The highest BCUT2D eigenvalue weighted by molar-refractivity contribution is 5.93. The summed E-state index contributed by atoms with van der Waals surface area (Å²) in [5.41, 5.74) is 4.33. The number of hydrogen-bond acceptors (Lipinski definition) is 3. The summed E-state index contributed by atoms with van der Waals surface area (Å²) in [5, 5.41) is 11.2. The molecule has 1 atom stereocenters. The third-order valence-corrected chi connectivity index (χ3v) is 5.64. The minimum absolute atomic E-state index is 0.0671. The van der Waals surface area contributed by atoms with Crippen LogP contribution < -0.4 is 10.6 Å². The number of nitrogens with one attached hydrogen (secondary N) is 2. The SMILES string of the molecule is CNC(=O)c1nn(CCc2ccccc2)c2c1C[C@H](NCC1CC1)CC2. The number of fused-ring (bicyclic) bond motifs is 1. The van der Waals surface area contributed by atoms with Crippen LogP contribution in [0.2, 0.25) is 0 Å². The van der Waals surface area contributed by atoms with Crippen LogP contribution in [0, 0.1) is 5.92 Å². The first kappa shape index (κ1) is 17.3. The Morgan fingerprint density at radius 2 is 2.04 bits per heavy atom. The molecular formula is C21H28N4O. The normalized spacial score (nSPS) is 19.2. The summed E-state index contributed by atoms with van der Waals surface area (Å²) in [5.74, 6) is 0.811. The van der Waals surface area contributed by atoms with Crippen LogP contribution in [-0.4, -0.2) is 35.3 Å². The van der Waals surface area contributed by atoms with Gasteiger partial charge in [-0.3, -0.25) is 9.48 Å². The van der Waals surface area contributed by atoms with Gasteiger partial charge in [-0.05, 0) is 56.6 Å². The quantitative estimate of drug-likeness (QED) is 0.804. The Bertz CT molecular complexity index is 764. The molecule has 1 aromatic heterocycles. The van der Waals surface area contributed by atoms with E-state index in [1.165, 1.54) is 24.1 Å². The van der Waals surface area contributed by atoms with Crippen molar-refractivity contribution in [3.05, 3.63) is 52.8 Å². The molecule has 26 heavy (non-hydrogen) atoms. The molecule has 5 heteroatoms. The first-order chi connectivity index (χ1) is 12.7. The zero-order valence-electron chi connectivity index (χ0n) is 15.5. The Morgan fingerprint density at radius 3 is 2.77 bits per heavy atom. The number of carbonyl (C=O) groups excluding carboxylic acids is 1. The Kier molecular flexibility index (Phi) is 5.07. The Hall–Kier alpha value is -2.14. The van der Waals surface area contributed by atoms with Crippen LogP contribution >= 0.6 is 0 Å². The summed E-state index contributed by atoms with van der Waals surface area (Å²) < 4.78 is 2.07. The molecular weight excluding hydrogens is 324 g/mol. The van der Waals surface area contributed by atoms with Crippen LogP contribution in [0.15, 0.2) is 30.3 Å². The van der Waals surface area contributed by atoms with E-state index in [-0.39, 0.29) is 5.91 Å². The second-order valence-electron chi connectivity index (χ2n) is 7.60. The van der Waals surface area contributed by atoms with Crippen molar-refractivity contribution in [2.45, 2.75) is 51.1 Å². The third kappa shape index (κ3) is 3.83. The maximum absolute atomic E-state index is 12.3. The molecule has 5 nitrogen and oxygen atoms in total. The van der Waals surface area contributed by atoms with E-state index in [4.69, 9.17) is 5.10 Å². The van der Waals surface area contributed by atoms with Gasteiger partial charge >= 0.3 is 0 Å². The lowest BCUT2D eigenvalue weighted by Crippen LogP contribution is -2.36. The molecule has 138 valence electrons. The fourth-order valence-electron chi connectivity index (χ4n) is 3.88. The smallest absolute Gasteiger partial charge is 0.271 e. The summed E-state index contributed by atoms with van der Waals surface area (Å²) in [6, 6.07) is 10.9. The summed E-state index contributed by atoms with van der Waals surface area (Å²) in [6.45, 7) is 1.95. The molecule has 1 fully saturated rings. The lowest BCUT2D eigenvalue weighted by Gasteiger charge is -2.24. The highest BCUT2D eigenvalue weighted by Crippen LogP contribution is 2.29. The molecule has 2 N–H and O–H groups in total. The standard InChI is InChI=1S/C21H28N4O/c1-22-21(26)20-18-13-17(23-14-16-7-8-16)9-10-19(18)25(24-20)12-11-15-5-3-2-4-6-15/h2-6,16-17,23H,7-14H2,1H3,(H,22,26)/t17-/m1/s1. The van der Waals surface area contributed by atoms with Gasteiger partial charge < -0.3 is 10.6 Å². The average molecular weight is 352 g/mol. The molecule has 4 rings (SSSR count). The zero-order valence-corrected chi connectivity index (χ0v) is 15.5. The van der Waals surface area contributed by atoms with Gasteiger partial charge in [0.25, 0.3) is 5.91 Å². The van der Waals surface area contributed by atoms with Gasteiger partial charge in [-0.25, -0.2) is 0 Å². The maximum atomic E-state index is 12.3. The number of rotatable bonds is 7. The Labute approximate surface area is 155 Å². The van der Waals surface area contributed by atoms with Crippen molar-refractivity contribution in [1.29, 1.82) is 0 Å². The van der Waals surface area contributed by atoms with Crippen LogP contribution in [0.25, 0.3) is 0 Å². The van der Waals surface area contributed by atoms with Crippen molar-refractivity contribution in [2.75, 3.05) is 13.6 Å². The minimum Gasteiger partial charge on any atom is -0.354 e. The Balaban J connectivity index is 1.51. The number of aryl methyl sites for hydroxylation is 2. The summed E-state index contributed by atoms with van der Waals surface area (Å²) in [4.78, 5) is 12.3. The van der Waals surface area contributed by atoms with Gasteiger partial charge in [-0.2, -0.15) is 5.10 Å². The van der Waals surface area contributed by atoms with Crippen LogP contribution in [-0.2, 0) is 25.8 Å². The van der Waals surface area contributed by atoms with E-state index >= 15 is 0 Å². The topological polar surface area (TPSA) is 59.0 Å². The van der Waals surface area contributed by atoms with Crippen LogP contribution in [0.4, 0.5) is 0 Å². The van der Waals surface area contributed by atoms with Gasteiger partial charge in [0.05, 0.1) is 0 Å². The molecule has 0 bridgehead atoms. The van der Waals surface area contributed by atoms with Gasteiger partial charge in [0, 0.05) is 30.9 Å². The monoisotopic (exact) mass is 352 g/mol. The van der Waals surface area contributed by atoms with Gasteiger partial charge in [-0.1, -0.05) is 30.3 Å². The van der Waals surface area contributed by atoms with Gasteiger partial charge in [0.15, 0.2) is 5.69 Å². The second kappa shape index (κ2) is 7.62. The fourth-order valence-corrected chi connectivity index (χ4v) is 3.88. The van der Waals surface area contributed by atoms with E-state index < -0.39 is 0 Å². The third-order valence-electron chi connectivity index (χ3n) is 5.64. The zero-order chi connectivity index (χ0) is 17.9. The van der Waals surface area contributed by atoms with Crippen LogP contribution in [0.5, 0.6) is 0 Å². The van der Waals surface area contributed by atoms with Crippen molar-refractivity contribution >= 4 is 5.91 Å². The van der Waals surface area contributed by atoms with E-state index in [0.717, 1.165) is 50.3 Å². The lowest BCUT2D eigenvalue weighted by molar-refractivity contribution is 0.0956. The molecule has 2 aromatic rings. The predicted octanol–water partition coefficient (Wildman–Crippen LogP) is 2.34. The lowest BCUT2D eigenvalue weighted by atomic mass is 9.91. The molecule has 0 spiro atoms. The van der Waals surface area contributed by atoms with Gasteiger partial charge in [0.1, 0.15) is 0 Å². The van der Waals surface area contributed by atoms with Crippen molar-refractivity contribution in [3.8, 4) is 0 Å². The van der Waals surface area contributed by atoms with Gasteiger partial charge in [-0.15, -0.1) is 0 Å². The van der Waals surface area contributed by atoms with E-state index in [9.17, 15) is 4.79 Å². The molecule has 0 unspecified atom stereocenters.